The van der Waals surface area contributed by atoms with Crippen molar-refractivity contribution in [3.05, 3.63) is 35.4 Å². The lowest BCUT2D eigenvalue weighted by atomic mass is 10.1. The second kappa shape index (κ2) is 11.2. The molecule has 2 atom stereocenters. The van der Waals surface area contributed by atoms with E-state index in [1.807, 2.05) is 7.05 Å². The number of benzene rings is 1. The van der Waals surface area contributed by atoms with Crippen molar-refractivity contribution in [1.29, 1.82) is 0 Å². The minimum Gasteiger partial charge on any atom is -0.373 e. The Kier molecular flexibility index (Phi) is 9.32. The van der Waals surface area contributed by atoms with Gasteiger partial charge in [0.1, 0.15) is 0 Å². The van der Waals surface area contributed by atoms with E-state index in [0.717, 1.165) is 32.1 Å². The standard InChI is InChI=1S/C21H34N4O.HI/c1-16-13-25(14-17(2)26-16)15-19-9-5-4-8-18(19)12-23-21(22-3)24-20-10-6-7-11-20;/h4-5,8-9,16-17,20H,6-7,10-15H2,1-3H3,(H2,22,23,24);1H. The summed E-state index contributed by atoms with van der Waals surface area (Å²) in [6.07, 6.45) is 5.77. The lowest BCUT2D eigenvalue weighted by molar-refractivity contribution is -0.0705. The average Bonchev–Trinajstić information content (AvgIpc) is 3.12. The highest BCUT2D eigenvalue weighted by atomic mass is 127. The summed E-state index contributed by atoms with van der Waals surface area (Å²) < 4.78 is 5.86. The molecule has 1 aromatic rings. The number of morpholine rings is 1. The molecule has 2 aliphatic rings. The fourth-order valence-corrected chi connectivity index (χ4v) is 4.18. The summed E-state index contributed by atoms with van der Waals surface area (Å²) in [7, 11) is 1.85. The number of hydrogen-bond donors (Lipinski definition) is 2. The summed E-state index contributed by atoms with van der Waals surface area (Å²) in [5, 5.41) is 7.06. The maximum Gasteiger partial charge on any atom is 0.191 e. The van der Waals surface area contributed by atoms with Crippen molar-refractivity contribution < 1.29 is 4.74 Å². The molecule has 1 heterocycles. The highest BCUT2D eigenvalue weighted by Crippen LogP contribution is 2.18. The number of ether oxygens (including phenoxy) is 1. The Morgan fingerprint density at radius 1 is 1.11 bits per heavy atom. The first-order valence-electron chi connectivity index (χ1n) is 10.1. The monoisotopic (exact) mass is 486 g/mol. The summed E-state index contributed by atoms with van der Waals surface area (Å²) in [6.45, 7) is 8.10. The second-order valence-electron chi connectivity index (χ2n) is 7.77. The minimum atomic E-state index is 0. The van der Waals surface area contributed by atoms with Gasteiger partial charge in [-0.3, -0.25) is 9.89 Å². The van der Waals surface area contributed by atoms with E-state index in [0.29, 0.717) is 18.2 Å². The van der Waals surface area contributed by atoms with E-state index in [1.54, 1.807) is 0 Å². The molecule has 0 amide bonds. The summed E-state index contributed by atoms with van der Waals surface area (Å²) in [4.78, 5) is 6.90. The van der Waals surface area contributed by atoms with E-state index in [4.69, 9.17) is 4.74 Å². The first-order chi connectivity index (χ1) is 12.6. The number of hydrogen-bond acceptors (Lipinski definition) is 3. The fraction of sp³-hybridized carbons (Fsp3) is 0.667. The highest BCUT2D eigenvalue weighted by Gasteiger charge is 2.22. The first-order valence-corrected chi connectivity index (χ1v) is 10.1. The first kappa shape index (κ1) is 22.4. The van der Waals surface area contributed by atoms with Gasteiger partial charge in [0.05, 0.1) is 12.2 Å². The molecule has 2 unspecified atom stereocenters. The van der Waals surface area contributed by atoms with Crippen LogP contribution in [-0.4, -0.2) is 49.2 Å². The van der Waals surface area contributed by atoms with Crippen molar-refractivity contribution in [3.63, 3.8) is 0 Å². The van der Waals surface area contributed by atoms with Crippen LogP contribution in [0, 0.1) is 0 Å². The van der Waals surface area contributed by atoms with E-state index < -0.39 is 0 Å². The van der Waals surface area contributed by atoms with Crippen LogP contribution in [0.25, 0.3) is 0 Å². The lowest BCUT2D eigenvalue weighted by Crippen LogP contribution is -2.45. The predicted octanol–water partition coefficient (Wildman–Crippen LogP) is 3.52. The summed E-state index contributed by atoms with van der Waals surface area (Å²) >= 11 is 0. The molecule has 1 saturated carbocycles. The van der Waals surface area contributed by atoms with Crippen LogP contribution in [0.2, 0.25) is 0 Å². The minimum absolute atomic E-state index is 0. The van der Waals surface area contributed by atoms with E-state index in [1.165, 1.54) is 36.8 Å². The number of nitrogens with one attached hydrogen (secondary N) is 2. The van der Waals surface area contributed by atoms with Gasteiger partial charge in [-0.1, -0.05) is 37.1 Å². The lowest BCUT2D eigenvalue weighted by Gasteiger charge is -2.35. The zero-order valence-electron chi connectivity index (χ0n) is 16.9. The van der Waals surface area contributed by atoms with E-state index in [-0.39, 0.29) is 24.0 Å². The number of nitrogens with zero attached hydrogens (tertiary/aromatic N) is 2. The number of halogens is 1. The molecule has 2 fully saturated rings. The van der Waals surface area contributed by atoms with Crippen LogP contribution in [-0.2, 0) is 17.8 Å². The van der Waals surface area contributed by atoms with Gasteiger partial charge in [-0.2, -0.15) is 0 Å². The van der Waals surface area contributed by atoms with Crippen molar-refractivity contribution in [2.45, 2.75) is 70.9 Å². The number of guanidine groups is 1. The molecule has 0 aromatic heterocycles. The maximum absolute atomic E-state index is 5.86. The molecule has 3 rings (SSSR count). The van der Waals surface area contributed by atoms with Crippen molar-refractivity contribution in [2.75, 3.05) is 20.1 Å². The number of aliphatic imine (C=N–C) groups is 1. The van der Waals surface area contributed by atoms with Gasteiger partial charge in [0.15, 0.2) is 5.96 Å². The van der Waals surface area contributed by atoms with Crippen molar-refractivity contribution in [2.24, 2.45) is 4.99 Å². The van der Waals surface area contributed by atoms with Gasteiger partial charge in [0, 0.05) is 39.3 Å². The van der Waals surface area contributed by atoms with Crippen molar-refractivity contribution in [1.82, 2.24) is 15.5 Å². The Morgan fingerprint density at radius 2 is 1.74 bits per heavy atom. The van der Waals surface area contributed by atoms with Gasteiger partial charge in [-0.25, -0.2) is 0 Å². The molecule has 1 aromatic carbocycles. The van der Waals surface area contributed by atoms with Crippen LogP contribution in [0.3, 0.4) is 0 Å². The third kappa shape index (κ3) is 6.91. The van der Waals surface area contributed by atoms with Gasteiger partial charge in [-0.15, -0.1) is 24.0 Å². The molecule has 0 bridgehead atoms. The molecular weight excluding hydrogens is 451 g/mol. The van der Waals surface area contributed by atoms with Crippen LogP contribution in [0.15, 0.2) is 29.3 Å². The van der Waals surface area contributed by atoms with Crippen molar-refractivity contribution in [3.8, 4) is 0 Å². The normalized spacial score (nSPS) is 24.5. The smallest absolute Gasteiger partial charge is 0.191 e. The zero-order chi connectivity index (χ0) is 18.4. The van der Waals surface area contributed by atoms with E-state index in [9.17, 15) is 0 Å². The van der Waals surface area contributed by atoms with Gasteiger partial charge in [0.2, 0.25) is 0 Å². The van der Waals surface area contributed by atoms with E-state index in [2.05, 4.69) is 58.6 Å². The Balaban J connectivity index is 0.00000261. The highest BCUT2D eigenvalue weighted by molar-refractivity contribution is 14.0. The molecule has 2 N–H and O–H groups in total. The quantitative estimate of drug-likeness (QED) is 0.380. The largest absolute Gasteiger partial charge is 0.373 e. The average molecular weight is 486 g/mol. The molecule has 152 valence electrons. The Morgan fingerprint density at radius 3 is 2.37 bits per heavy atom. The predicted molar refractivity (Wildman–Crippen MR) is 123 cm³/mol. The van der Waals surface area contributed by atoms with Gasteiger partial charge < -0.3 is 15.4 Å². The topological polar surface area (TPSA) is 48.9 Å². The summed E-state index contributed by atoms with van der Waals surface area (Å²) in [6, 6.07) is 9.30. The molecule has 1 aliphatic carbocycles. The van der Waals surface area contributed by atoms with Crippen LogP contribution in [0.4, 0.5) is 0 Å². The molecule has 1 saturated heterocycles. The second-order valence-corrected chi connectivity index (χ2v) is 7.77. The number of rotatable bonds is 5. The van der Waals surface area contributed by atoms with Crippen molar-refractivity contribution >= 4 is 29.9 Å². The molecule has 5 nitrogen and oxygen atoms in total. The molecule has 1 aliphatic heterocycles. The Hall–Kier alpha value is -0.860. The molecule has 0 radical (unpaired) electrons. The maximum atomic E-state index is 5.86. The van der Waals surface area contributed by atoms with Gasteiger partial charge in [-0.05, 0) is 37.8 Å². The molecule has 6 heteroatoms. The van der Waals surface area contributed by atoms with Crippen LogP contribution < -0.4 is 10.6 Å². The Labute approximate surface area is 181 Å². The zero-order valence-corrected chi connectivity index (χ0v) is 19.2. The van der Waals surface area contributed by atoms with Crippen LogP contribution in [0.5, 0.6) is 0 Å². The van der Waals surface area contributed by atoms with Crippen LogP contribution in [0.1, 0.15) is 50.7 Å². The summed E-state index contributed by atoms with van der Waals surface area (Å²) in [5.74, 6) is 0.917. The SMILES string of the molecule is CN=C(NCc1ccccc1CN1CC(C)OC(C)C1)NC1CCCC1.I. The molecule has 0 spiro atoms. The third-order valence-electron chi connectivity index (χ3n) is 5.37. The third-order valence-corrected chi connectivity index (χ3v) is 5.37. The van der Waals surface area contributed by atoms with E-state index >= 15 is 0 Å². The molecule has 27 heavy (non-hydrogen) atoms. The van der Waals surface area contributed by atoms with Crippen LogP contribution >= 0.6 is 24.0 Å². The fourth-order valence-electron chi connectivity index (χ4n) is 4.18. The summed E-state index contributed by atoms with van der Waals surface area (Å²) in [5.41, 5.74) is 2.73. The van der Waals surface area contributed by atoms with Gasteiger partial charge in [0.25, 0.3) is 0 Å². The van der Waals surface area contributed by atoms with Gasteiger partial charge >= 0.3 is 0 Å². The Bertz CT molecular complexity index is 594. The molecular formula is C21H35IN4O.